The summed E-state index contributed by atoms with van der Waals surface area (Å²) in [5, 5.41) is 14.5. The molecule has 2 aromatic carbocycles. The molecule has 0 bridgehead atoms. The van der Waals surface area contributed by atoms with Gasteiger partial charge in [0.05, 0.1) is 18.1 Å². The van der Waals surface area contributed by atoms with Crippen LogP contribution in [0.2, 0.25) is 0 Å². The molecule has 2 N–H and O–H groups in total. The van der Waals surface area contributed by atoms with Crippen LogP contribution in [-0.2, 0) is 17.8 Å². The van der Waals surface area contributed by atoms with Gasteiger partial charge in [-0.1, -0.05) is 24.3 Å². The highest BCUT2D eigenvalue weighted by molar-refractivity contribution is 5.95. The molecule has 1 aliphatic rings. The van der Waals surface area contributed by atoms with Crippen molar-refractivity contribution in [2.75, 3.05) is 31.6 Å². The molecule has 3 rings (SSSR count). The topological polar surface area (TPSA) is 85.9 Å². The number of nitro groups is 1. The summed E-state index contributed by atoms with van der Waals surface area (Å²) in [6, 6.07) is 12.7. The zero-order valence-electron chi connectivity index (χ0n) is 15.4. The van der Waals surface area contributed by atoms with E-state index in [1.54, 1.807) is 12.1 Å². The van der Waals surface area contributed by atoms with Crippen molar-refractivity contribution in [2.24, 2.45) is 0 Å². The smallest absolute Gasteiger partial charge is 0.293 e. The van der Waals surface area contributed by atoms with E-state index in [4.69, 9.17) is 4.74 Å². The van der Waals surface area contributed by atoms with E-state index in [1.807, 2.05) is 18.2 Å². The van der Waals surface area contributed by atoms with E-state index >= 15 is 0 Å². The summed E-state index contributed by atoms with van der Waals surface area (Å²) in [6.07, 6.45) is 0. The zero-order chi connectivity index (χ0) is 19.2. The number of ether oxygens (including phenoxy) is 1. The van der Waals surface area contributed by atoms with Gasteiger partial charge in [-0.3, -0.25) is 14.9 Å². The summed E-state index contributed by atoms with van der Waals surface area (Å²) < 4.78 is 5.41. The third-order valence-electron chi connectivity index (χ3n) is 4.83. The number of carbonyl (C=O) groups is 1. The van der Waals surface area contributed by atoms with E-state index in [1.165, 1.54) is 23.5 Å². The molecular weight excluding hydrogens is 346 g/mol. The van der Waals surface area contributed by atoms with Crippen LogP contribution in [0.5, 0.6) is 0 Å². The third-order valence-corrected chi connectivity index (χ3v) is 4.83. The Morgan fingerprint density at radius 3 is 2.56 bits per heavy atom. The van der Waals surface area contributed by atoms with Crippen LogP contribution in [-0.4, -0.2) is 37.0 Å². The van der Waals surface area contributed by atoms with Gasteiger partial charge in [0.1, 0.15) is 25.3 Å². The van der Waals surface area contributed by atoms with Crippen molar-refractivity contribution in [1.29, 1.82) is 0 Å². The van der Waals surface area contributed by atoms with Crippen LogP contribution in [0, 0.1) is 10.1 Å². The van der Waals surface area contributed by atoms with E-state index in [-0.39, 0.29) is 11.5 Å². The van der Waals surface area contributed by atoms with Gasteiger partial charge >= 0.3 is 0 Å². The fourth-order valence-electron chi connectivity index (χ4n) is 3.25. The largest absolute Gasteiger partial charge is 0.375 e. The lowest BCUT2D eigenvalue weighted by molar-refractivity contribution is -0.921. The lowest BCUT2D eigenvalue weighted by Crippen LogP contribution is -3.12. The van der Waals surface area contributed by atoms with E-state index in [9.17, 15) is 14.9 Å². The van der Waals surface area contributed by atoms with Crippen molar-refractivity contribution >= 4 is 17.2 Å². The SMILES string of the molecule is CC(=O)c1ccc(NCc2ccccc2C[NH+]2CCOCC2)c([N+](=O)[O-])c1. The quantitative estimate of drug-likeness (QED) is 0.441. The summed E-state index contributed by atoms with van der Waals surface area (Å²) in [5.41, 5.74) is 3.01. The van der Waals surface area contributed by atoms with Crippen molar-refractivity contribution in [1.82, 2.24) is 0 Å². The van der Waals surface area contributed by atoms with Crippen LogP contribution in [0.15, 0.2) is 42.5 Å². The fraction of sp³-hybridized carbons (Fsp3) is 0.350. The Morgan fingerprint density at radius 2 is 1.89 bits per heavy atom. The number of hydrogen-bond donors (Lipinski definition) is 2. The van der Waals surface area contributed by atoms with Crippen LogP contribution in [0.1, 0.15) is 28.4 Å². The summed E-state index contributed by atoms with van der Waals surface area (Å²) in [7, 11) is 0. The van der Waals surface area contributed by atoms with Crippen LogP contribution < -0.4 is 10.2 Å². The molecule has 7 nitrogen and oxygen atoms in total. The van der Waals surface area contributed by atoms with Crippen molar-refractivity contribution in [3.8, 4) is 0 Å². The summed E-state index contributed by atoms with van der Waals surface area (Å²) >= 11 is 0. The molecule has 7 heteroatoms. The second kappa shape index (κ2) is 8.75. The number of nitrogens with zero attached hydrogens (tertiary/aromatic N) is 1. The number of nitrogens with one attached hydrogen (secondary N) is 2. The van der Waals surface area contributed by atoms with Crippen molar-refractivity contribution < 1.29 is 19.4 Å². The first-order chi connectivity index (χ1) is 13.0. The Bertz CT molecular complexity index is 832. The van der Waals surface area contributed by atoms with Crippen LogP contribution in [0.3, 0.4) is 0 Å². The van der Waals surface area contributed by atoms with E-state index in [0.717, 1.165) is 38.4 Å². The number of benzene rings is 2. The molecule has 1 fully saturated rings. The van der Waals surface area contributed by atoms with Gasteiger partial charge in [0, 0.05) is 23.7 Å². The van der Waals surface area contributed by atoms with Gasteiger partial charge in [-0.2, -0.15) is 0 Å². The van der Waals surface area contributed by atoms with E-state index in [2.05, 4.69) is 11.4 Å². The predicted molar refractivity (Wildman–Crippen MR) is 102 cm³/mol. The molecule has 2 aromatic rings. The minimum atomic E-state index is -0.460. The van der Waals surface area contributed by atoms with Crippen LogP contribution in [0.4, 0.5) is 11.4 Å². The third kappa shape index (κ3) is 4.90. The highest BCUT2D eigenvalue weighted by Crippen LogP contribution is 2.26. The lowest BCUT2D eigenvalue weighted by atomic mass is 10.1. The van der Waals surface area contributed by atoms with Gasteiger partial charge < -0.3 is 15.0 Å². The molecular formula is C20H24N3O4+. The van der Waals surface area contributed by atoms with Crippen molar-refractivity contribution in [3.63, 3.8) is 0 Å². The summed E-state index contributed by atoms with van der Waals surface area (Å²) in [6.45, 7) is 6.33. The molecule has 142 valence electrons. The number of nitro benzene ring substituents is 1. The van der Waals surface area contributed by atoms with Gasteiger partial charge in [-0.25, -0.2) is 0 Å². The molecule has 0 amide bonds. The molecule has 1 aliphatic heterocycles. The Labute approximate surface area is 158 Å². The van der Waals surface area contributed by atoms with Crippen LogP contribution in [0.25, 0.3) is 0 Å². The number of rotatable bonds is 7. The molecule has 0 atom stereocenters. The van der Waals surface area contributed by atoms with Gasteiger partial charge in [-0.05, 0) is 24.6 Å². The second-order valence-corrected chi connectivity index (χ2v) is 6.71. The highest BCUT2D eigenvalue weighted by atomic mass is 16.6. The Balaban J connectivity index is 1.75. The molecule has 1 heterocycles. The standard InChI is InChI=1S/C20H23N3O4/c1-15(24)16-6-7-19(20(12-16)23(25)26)21-13-17-4-2-3-5-18(17)14-22-8-10-27-11-9-22/h2-7,12,21H,8-11,13-14H2,1H3/p+1. The van der Waals surface area contributed by atoms with Gasteiger partial charge in [0.2, 0.25) is 0 Å². The zero-order valence-corrected chi connectivity index (χ0v) is 15.4. The van der Waals surface area contributed by atoms with E-state index in [0.29, 0.717) is 17.8 Å². The average molecular weight is 370 g/mol. The summed E-state index contributed by atoms with van der Waals surface area (Å²) in [5.74, 6) is -0.191. The van der Waals surface area contributed by atoms with Gasteiger partial charge in [0.25, 0.3) is 5.69 Å². The molecule has 0 spiro atoms. The number of hydrogen-bond acceptors (Lipinski definition) is 5. The van der Waals surface area contributed by atoms with Crippen molar-refractivity contribution in [3.05, 3.63) is 69.3 Å². The highest BCUT2D eigenvalue weighted by Gasteiger charge is 2.18. The first-order valence-corrected chi connectivity index (χ1v) is 9.06. The molecule has 1 saturated heterocycles. The summed E-state index contributed by atoms with van der Waals surface area (Å²) in [4.78, 5) is 23.9. The first kappa shape index (κ1) is 19.0. The molecule has 0 unspecified atom stereocenters. The Morgan fingerprint density at radius 1 is 1.19 bits per heavy atom. The molecule has 0 saturated carbocycles. The van der Waals surface area contributed by atoms with Gasteiger partial charge in [0.15, 0.2) is 5.78 Å². The maximum Gasteiger partial charge on any atom is 0.293 e. The minimum Gasteiger partial charge on any atom is -0.375 e. The Hall–Kier alpha value is -2.77. The molecule has 0 radical (unpaired) electrons. The lowest BCUT2D eigenvalue weighted by Gasteiger charge is -2.24. The van der Waals surface area contributed by atoms with Gasteiger partial charge in [-0.15, -0.1) is 0 Å². The number of Topliss-reactive ketones (excluding diaryl/α,β-unsaturated/α-hetero) is 1. The first-order valence-electron chi connectivity index (χ1n) is 9.06. The number of morpholine rings is 1. The monoisotopic (exact) mass is 370 g/mol. The normalized spacial score (nSPS) is 14.7. The average Bonchev–Trinajstić information content (AvgIpc) is 2.68. The number of anilines is 1. The fourth-order valence-corrected chi connectivity index (χ4v) is 3.25. The van der Waals surface area contributed by atoms with Crippen LogP contribution >= 0.6 is 0 Å². The predicted octanol–water partition coefficient (Wildman–Crippen LogP) is 1.82. The molecule has 27 heavy (non-hydrogen) atoms. The molecule has 0 aliphatic carbocycles. The number of carbonyl (C=O) groups excluding carboxylic acids is 1. The number of quaternary nitrogens is 1. The maximum atomic E-state index is 11.5. The minimum absolute atomic E-state index is 0.0843. The van der Waals surface area contributed by atoms with Crippen molar-refractivity contribution in [2.45, 2.75) is 20.0 Å². The number of ketones is 1. The Kier molecular flexibility index (Phi) is 6.16. The second-order valence-electron chi connectivity index (χ2n) is 6.71. The molecule has 0 aromatic heterocycles. The van der Waals surface area contributed by atoms with E-state index < -0.39 is 4.92 Å². The maximum absolute atomic E-state index is 11.5.